The molecule has 1 aliphatic carbocycles. The van der Waals surface area contributed by atoms with E-state index in [4.69, 9.17) is 0 Å². The Morgan fingerprint density at radius 3 is 2.32 bits per heavy atom. The Labute approximate surface area is 222 Å². The first-order chi connectivity index (χ1) is 17.7. The number of hydrogen-bond donors (Lipinski definition) is 2. The van der Waals surface area contributed by atoms with Crippen LogP contribution in [0.5, 0.6) is 0 Å². The van der Waals surface area contributed by atoms with Gasteiger partial charge in [0.2, 0.25) is 11.8 Å². The fourth-order valence-electron chi connectivity index (χ4n) is 5.67. The normalized spacial score (nSPS) is 19.9. The third-order valence-electron chi connectivity index (χ3n) is 7.75. The maximum absolute atomic E-state index is 13.2. The molecular weight excluding hydrogens is 466 g/mol. The number of carbonyl (C=O) groups is 3. The molecule has 0 spiro atoms. The molecule has 2 heterocycles. The minimum Gasteiger partial charge on any atom is -0.368 e. The van der Waals surface area contributed by atoms with Gasteiger partial charge >= 0.3 is 0 Å². The zero-order valence-electron chi connectivity index (χ0n) is 23.0. The monoisotopic (exact) mass is 511 g/mol. The summed E-state index contributed by atoms with van der Waals surface area (Å²) in [5.41, 5.74) is 2.23. The van der Waals surface area contributed by atoms with E-state index in [1.54, 1.807) is 0 Å². The Balaban J connectivity index is 1.54. The fraction of sp³-hybridized carbons (Fsp3) is 0.690. The lowest BCUT2D eigenvalue weighted by atomic mass is 9.88. The molecule has 1 aromatic carbocycles. The van der Waals surface area contributed by atoms with Crippen molar-refractivity contribution in [2.45, 2.75) is 65.7 Å². The van der Waals surface area contributed by atoms with Crippen LogP contribution in [0.1, 0.15) is 76.1 Å². The van der Waals surface area contributed by atoms with E-state index in [0.29, 0.717) is 43.9 Å². The van der Waals surface area contributed by atoms with Crippen molar-refractivity contribution < 1.29 is 14.4 Å². The average Bonchev–Trinajstić information content (AvgIpc) is 3.15. The summed E-state index contributed by atoms with van der Waals surface area (Å²) >= 11 is 0. The number of amides is 3. The Morgan fingerprint density at radius 2 is 1.62 bits per heavy atom. The number of nitrogens with one attached hydrogen (secondary N) is 2. The van der Waals surface area contributed by atoms with Crippen LogP contribution in [0.3, 0.4) is 0 Å². The quantitative estimate of drug-likeness (QED) is 0.629. The van der Waals surface area contributed by atoms with Crippen molar-refractivity contribution in [2.75, 3.05) is 62.6 Å². The molecule has 8 nitrogen and oxygen atoms in total. The molecule has 1 aromatic rings. The van der Waals surface area contributed by atoms with E-state index in [9.17, 15) is 14.4 Å². The molecule has 4 rings (SSSR count). The van der Waals surface area contributed by atoms with E-state index in [2.05, 4.69) is 36.3 Å². The first-order valence-corrected chi connectivity index (χ1v) is 14.2. The summed E-state index contributed by atoms with van der Waals surface area (Å²) in [4.78, 5) is 45.5. The molecule has 2 N–H and O–H groups in total. The molecule has 0 bridgehead atoms. The van der Waals surface area contributed by atoms with E-state index in [1.165, 1.54) is 6.42 Å². The van der Waals surface area contributed by atoms with Gasteiger partial charge in [-0.1, -0.05) is 40.0 Å². The summed E-state index contributed by atoms with van der Waals surface area (Å²) in [6.45, 7) is 12.2. The van der Waals surface area contributed by atoms with Crippen LogP contribution >= 0.6 is 0 Å². The van der Waals surface area contributed by atoms with Crippen molar-refractivity contribution in [3.05, 3.63) is 23.8 Å². The van der Waals surface area contributed by atoms with Gasteiger partial charge in [0.05, 0.1) is 11.4 Å². The molecule has 1 saturated carbocycles. The fourth-order valence-corrected chi connectivity index (χ4v) is 5.67. The summed E-state index contributed by atoms with van der Waals surface area (Å²) in [6.07, 6.45) is 6.64. The van der Waals surface area contributed by atoms with Crippen molar-refractivity contribution in [1.82, 2.24) is 15.1 Å². The van der Waals surface area contributed by atoms with Gasteiger partial charge in [-0.25, -0.2) is 0 Å². The van der Waals surface area contributed by atoms with E-state index in [1.807, 2.05) is 28.0 Å². The van der Waals surface area contributed by atoms with E-state index in [-0.39, 0.29) is 29.1 Å². The van der Waals surface area contributed by atoms with Crippen molar-refractivity contribution in [2.24, 2.45) is 11.3 Å². The van der Waals surface area contributed by atoms with Gasteiger partial charge in [-0.3, -0.25) is 14.4 Å². The van der Waals surface area contributed by atoms with Crippen LogP contribution in [0.25, 0.3) is 0 Å². The third kappa shape index (κ3) is 7.46. The van der Waals surface area contributed by atoms with Crippen LogP contribution in [0.2, 0.25) is 0 Å². The predicted molar refractivity (Wildman–Crippen MR) is 148 cm³/mol. The maximum Gasteiger partial charge on any atom is 0.254 e. The second-order valence-electron chi connectivity index (χ2n) is 12.1. The molecule has 0 aromatic heterocycles. The van der Waals surface area contributed by atoms with Gasteiger partial charge in [0.15, 0.2) is 0 Å². The zero-order valence-corrected chi connectivity index (χ0v) is 23.0. The van der Waals surface area contributed by atoms with Crippen LogP contribution in [0, 0.1) is 11.3 Å². The van der Waals surface area contributed by atoms with Gasteiger partial charge in [-0.2, -0.15) is 0 Å². The molecule has 37 heavy (non-hydrogen) atoms. The summed E-state index contributed by atoms with van der Waals surface area (Å²) < 4.78 is 0. The Morgan fingerprint density at radius 1 is 0.892 bits per heavy atom. The smallest absolute Gasteiger partial charge is 0.254 e. The molecule has 0 unspecified atom stereocenters. The highest BCUT2D eigenvalue weighted by Gasteiger charge is 2.27. The molecule has 8 heteroatoms. The second-order valence-corrected chi connectivity index (χ2v) is 12.1. The van der Waals surface area contributed by atoms with Crippen LogP contribution in [-0.2, 0) is 9.59 Å². The van der Waals surface area contributed by atoms with Gasteiger partial charge in [-0.05, 0) is 42.9 Å². The van der Waals surface area contributed by atoms with Gasteiger partial charge in [-0.15, -0.1) is 0 Å². The average molecular weight is 512 g/mol. The lowest BCUT2D eigenvalue weighted by molar-refractivity contribution is -0.132. The number of hydrogen-bond acceptors (Lipinski definition) is 5. The lowest BCUT2D eigenvalue weighted by Crippen LogP contribution is -2.46. The van der Waals surface area contributed by atoms with Crippen LogP contribution in [-0.4, -0.2) is 79.9 Å². The number of nitrogens with zero attached hydrogens (tertiary/aromatic N) is 3. The van der Waals surface area contributed by atoms with Crippen LogP contribution < -0.4 is 15.5 Å². The highest BCUT2D eigenvalue weighted by Crippen LogP contribution is 2.32. The molecule has 3 amide bonds. The summed E-state index contributed by atoms with van der Waals surface area (Å²) in [5, 5.41) is 6.51. The molecule has 0 atom stereocenters. The number of rotatable bonds is 5. The molecule has 3 aliphatic rings. The van der Waals surface area contributed by atoms with Gasteiger partial charge in [0.25, 0.3) is 5.91 Å². The molecule has 2 aliphatic heterocycles. The largest absolute Gasteiger partial charge is 0.368 e. The summed E-state index contributed by atoms with van der Waals surface area (Å²) in [7, 11) is 0. The number of piperazine rings is 1. The third-order valence-corrected chi connectivity index (χ3v) is 7.75. The number of anilines is 2. The van der Waals surface area contributed by atoms with Gasteiger partial charge in [0.1, 0.15) is 0 Å². The minimum absolute atomic E-state index is 0.0102. The van der Waals surface area contributed by atoms with Crippen LogP contribution in [0.15, 0.2) is 18.2 Å². The Bertz CT molecular complexity index is 961. The van der Waals surface area contributed by atoms with E-state index >= 15 is 0 Å². The van der Waals surface area contributed by atoms with Crippen molar-refractivity contribution in [3.8, 4) is 0 Å². The van der Waals surface area contributed by atoms with E-state index < -0.39 is 0 Å². The topological polar surface area (TPSA) is 85.0 Å². The van der Waals surface area contributed by atoms with E-state index in [0.717, 1.165) is 64.0 Å². The first kappa shape index (κ1) is 27.4. The molecule has 3 fully saturated rings. The van der Waals surface area contributed by atoms with Crippen molar-refractivity contribution in [1.29, 1.82) is 0 Å². The maximum atomic E-state index is 13.2. The van der Waals surface area contributed by atoms with Crippen molar-refractivity contribution >= 4 is 29.1 Å². The molecule has 0 radical (unpaired) electrons. The number of carbonyl (C=O) groups excluding carboxylic acids is 3. The molecule has 2 saturated heterocycles. The summed E-state index contributed by atoms with van der Waals surface area (Å²) in [5.74, 6) is 0.307. The predicted octanol–water partition coefficient (Wildman–Crippen LogP) is 3.73. The standard InChI is InChI=1S/C29H45N5O3/c1-29(2,3)21-26(35)33-15-7-14-32(18-19-33)25-11-10-23(28(37)34-16-12-30-13-17-34)20-24(25)31-27(36)22-8-5-4-6-9-22/h10-11,20,22,30H,4-9,12-19,21H2,1-3H3,(H,31,36). The van der Waals surface area contributed by atoms with Gasteiger partial charge < -0.3 is 25.3 Å². The number of benzene rings is 1. The lowest BCUT2D eigenvalue weighted by Gasteiger charge is -2.30. The summed E-state index contributed by atoms with van der Waals surface area (Å²) in [6, 6.07) is 5.75. The second kappa shape index (κ2) is 12.3. The Kier molecular flexibility index (Phi) is 9.11. The molecular formula is C29H45N5O3. The first-order valence-electron chi connectivity index (χ1n) is 14.2. The van der Waals surface area contributed by atoms with Gasteiger partial charge in [0, 0.05) is 70.3 Å². The van der Waals surface area contributed by atoms with Crippen LogP contribution in [0.4, 0.5) is 11.4 Å². The Hall–Kier alpha value is -2.61. The van der Waals surface area contributed by atoms with Crippen molar-refractivity contribution in [3.63, 3.8) is 0 Å². The SMILES string of the molecule is CC(C)(C)CC(=O)N1CCCN(c2ccc(C(=O)N3CCNCC3)cc2NC(=O)C2CCCCC2)CC1. The highest BCUT2D eigenvalue weighted by atomic mass is 16.2. The highest BCUT2D eigenvalue weighted by molar-refractivity contribution is 6.00. The molecule has 204 valence electrons. The zero-order chi connectivity index (χ0) is 26.4. The minimum atomic E-state index is -0.0353.